The molecule has 200 valence electrons. The Hall–Kier alpha value is -3.41. The van der Waals surface area contributed by atoms with Gasteiger partial charge < -0.3 is 14.8 Å². The summed E-state index contributed by atoms with van der Waals surface area (Å²) in [6.07, 6.45) is 5.54. The first kappa shape index (κ1) is 27.6. The minimum absolute atomic E-state index is 0.0733. The standard InChI is InChI=1S/C26H26ClFN4O4S2/c1-17(11-18-5-4-8-29-15-18)31-23-14-22(28)25(13-21(23)27)38(33,34)32(26-30-9-10-37-26)16-19-6-7-20(35-2)12-24(19)36-3/h4-10,12-15,17,31H,11,16H2,1-3H3. The molecular formula is C26H26ClFN4O4S2. The maximum absolute atomic E-state index is 15.4. The molecule has 2 aromatic carbocycles. The summed E-state index contributed by atoms with van der Waals surface area (Å²) < 4.78 is 54.7. The minimum atomic E-state index is -4.41. The molecule has 0 aliphatic carbocycles. The topological polar surface area (TPSA) is 93.7 Å². The van der Waals surface area contributed by atoms with Crippen LogP contribution in [0.4, 0.5) is 15.2 Å². The minimum Gasteiger partial charge on any atom is -0.497 e. The Morgan fingerprint density at radius 2 is 1.97 bits per heavy atom. The number of anilines is 2. The van der Waals surface area contributed by atoms with Crippen LogP contribution in [0.1, 0.15) is 18.1 Å². The maximum atomic E-state index is 15.4. The Bertz CT molecular complexity index is 1490. The number of pyridine rings is 1. The lowest BCUT2D eigenvalue weighted by Crippen LogP contribution is -2.31. The van der Waals surface area contributed by atoms with Gasteiger partial charge in [-0.15, -0.1) is 11.3 Å². The van der Waals surface area contributed by atoms with E-state index in [0.29, 0.717) is 23.5 Å². The van der Waals surface area contributed by atoms with E-state index in [0.717, 1.165) is 33.3 Å². The van der Waals surface area contributed by atoms with Gasteiger partial charge in [0.1, 0.15) is 22.2 Å². The van der Waals surface area contributed by atoms with Gasteiger partial charge in [-0.25, -0.2) is 22.1 Å². The van der Waals surface area contributed by atoms with E-state index < -0.39 is 20.7 Å². The van der Waals surface area contributed by atoms with Crippen molar-refractivity contribution in [2.45, 2.75) is 30.8 Å². The summed E-state index contributed by atoms with van der Waals surface area (Å²) in [5.74, 6) is 0.0309. The number of hydrogen-bond donors (Lipinski definition) is 1. The van der Waals surface area contributed by atoms with E-state index in [2.05, 4.69) is 15.3 Å². The number of methoxy groups -OCH3 is 2. The second-order valence-electron chi connectivity index (χ2n) is 8.38. The number of halogens is 2. The molecule has 0 bridgehead atoms. The fourth-order valence-electron chi connectivity index (χ4n) is 3.88. The van der Waals surface area contributed by atoms with E-state index >= 15 is 4.39 Å². The van der Waals surface area contributed by atoms with Crippen LogP contribution in [0.25, 0.3) is 0 Å². The third-order valence-corrected chi connectivity index (χ3v) is 8.67. The van der Waals surface area contributed by atoms with Gasteiger partial charge >= 0.3 is 0 Å². The van der Waals surface area contributed by atoms with E-state index in [9.17, 15) is 8.42 Å². The first-order valence-corrected chi connectivity index (χ1v) is 14.2. The van der Waals surface area contributed by atoms with Crippen LogP contribution in [0.3, 0.4) is 0 Å². The molecule has 2 heterocycles. The van der Waals surface area contributed by atoms with Crippen LogP contribution in [0.5, 0.6) is 11.5 Å². The molecule has 0 radical (unpaired) electrons. The highest BCUT2D eigenvalue weighted by molar-refractivity contribution is 7.93. The zero-order valence-corrected chi connectivity index (χ0v) is 23.3. The molecule has 0 saturated carbocycles. The molecule has 0 aliphatic rings. The molecule has 0 amide bonds. The van der Waals surface area contributed by atoms with Crippen molar-refractivity contribution in [2.24, 2.45) is 0 Å². The van der Waals surface area contributed by atoms with Crippen molar-refractivity contribution < 1.29 is 22.3 Å². The van der Waals surface area contributed by atoms with Gasteiger partial charge in [0.25, 0.3) is 10.0 Å². The van der Waals surface area contributed by atoms with Crippen LogP contribution in [0.2, 0.25) is 5.02 Å². The van der Waals surface area contributed by atoms with Crippen molar-refractivity contribution in [1.82, 2.24) is 9.97 Å². The summed E-state index contributed by atoms with van der Waals surface area (Å²) in [7, 11) is -1.42. The number of sulfonamides is 1. The fourth-order valence-corrected chi connectivity index (χ4v) is 6.50. The molecule has 0 saturated heterocycles. The molecular weight excluding hydrogens is 551 g/mol. The number of nitrogens with zero attached hydrogens (tertiary/aromatic N) is 3. The molecule has 1 atom stereocenters. The average molecular weight is 577 g/mol. The number of ether oxygens (including phenoxy) is 2. The van der Waals surface area contributed by atoms with Crippen LogP contribution >= 0.6 is 22.9 Å². The van der Waals surface area contributed by atoms with Gasteiger partial charge in [-0.2, -0.15) is 0 Å². The molecule has 38 heavy (non-hydrogen) atoms. The second-order valence-corrected chi connectivity index (χ2v) is 11.5. The molecule has 2 aromatic heterocycles. The molecule has 1 N–H and O–H groups in total. The highest BCUT2D eigenvalue weighted by Crippen LogP contribution is 2.35. The summed E-state index contributed by atoms with van der Waals surface area (Å²) in [5, 5.41) is 5.04. The van der Waals surface area contributed by atoms with Gasteiger partial charge in [-0.05, 0) is 49.2 Å². The highest BCUT2D eigenvalue weighted by atomic mass is 35.5. The summed E-state index contributed by atoms with van der Waals surface area (Å²) >= 11 is 7.57. The predicted octanol–water partition coefficient (Wildman–Crippen LogP) is 5.79. The Kier molecular flexibility index (Phi) is 8.70. The normalized spacial score (nSPS) is 12.1. The molecule has 0 fully saturated rings. The summed E-state index contributed by atoms with van der Waals surface area (Å²) in [6.45, 7) is 1.76. The number of nitrogens with one attached hydrogen (secondary N) is 1. The third kappa shape index (κ3) is 6.17. The smallest absolute Gasteiger partial charge is 0.269 e. The zero-order chi connectivity index (χ0) is 27.3. The zero-order valence-electron chi connectivity index (χ0n) is 20.9. The third-order valence-electron chi connectivity index (χ3n) is 5.70. The summed E-state index contributed by atoms with van der Waals surface area (Å²) in [5.41, 5.74) is 1.83. The molecule has 1 unspecified atom stereocenters. The van der Waals surface area contributed by atoms with Gasteiger partial charge in [0.15, 0.2) is 5.13 Å². The monoisotopic (exact) mass is 576 g/mol. The van der Waals surface area contributed by atoms with Crippen LogP contribution in [0, 0.1) is 5.82 Å². The van der Waals surface area contributed by atoms with Crippen molar-refractivity contribution in [3.63, 3.8) is 0 Å². The van der Waals surface area contributed by atoms with Crippen molar-refractivity contribution in [1.29, 1.82) is 0 Å². The lowest BCUT2D eigenvalue weighted by Gasteiger charge is -2.24. The maximum Gasteiger partial charge on any atom is 0.269 e. The number of benzene rings is 2. The van der Waals surface area contributed by atoms with Crippen LogP contribution in [-0.2, 0) is 23.0 Å². The lowest BCUT2D eigenvalue weighted by atomic mass is 10.1. The van der Waals surface area contributed by atoms with Gasteiger partial charge in [-0.1, -0.05) is 17.7 Å². The number of thiazole rings is 1. The largest absolute Gasteiger partial charge is 0.497 e. The fraction of sp³-hybridized carbons (Fsp3) is 0.231. The summed E-state index contributed by atoms with van der Waals surface area (Å²) in [6, 6.07) is 10.9. The van der Waals surface area contributed by atoms with E-state index in [-0.39, 0.29) is 28.4 Å². The van der Waals surface area contributed by atoms with Crippen molar-refractivity contribution >= 4 is 43.8 Å². The van der Waals surface area contributed by atoms with E-state index in [1.54, 1.807) is 36.0 Å². The van der Waals surface area contributed by atoms with Crippen molar-refractivity contribution in [3.8, 4) is 11.5 Å². The van der Waals surface area contributed by atoms with E-state index in [1.165, 1.54) is 20.4 Å². The Morgan fingerprint density at radius 1 is 1.16 bits per heavy atom. The van der Waals surface area contributed by atoms with Gasteiger partial charge in [0.05, 0.1) is 31.5 Å². The van der Waals surface area contributed by atoms with Crippen LogP contribution in [0.15, 0.2) is 71.3 Å². The van der Waals surface area contributed by atoms with Gasteiger partial charge in [-0.3, -0.25) is 4.98 Å². The molecule has 0 spiro atoms. The van der Waals surface area contributed by atoms with Crippen molar-refractivity contribution in [3.05, 3.63) is 88.4 Å². The Balaban J connectivity index is 1.65. The number of aromatic nitrogens is 2. The summed E-state index contributed by atoms with van der Waals surface area (Å²) in [4.78, 5) is 7.71. The lowest BCUT2D eigenvalue weighted by molar-refractivity contribution is 0.391. The van der Waals surface area contributed by atoms with E-state index in [4.69, 9.17) is 21.1 Å². The Labute approximate surface area is 230 Å². The SMILES string of the molecule is COc1ccc(CN(c2nccs2)S(=O)(=O)c2cc(Cl)c(NC(C)Cc3cccnc3)cc2F)c(OC)c1. The molecule has 12 heteroatoms. The molecule has 8 nitrogen and oxygen atoms in total. The predicted molar refractivity (Wildman–Crippen MR) is 147 cm³/mol. The van der Waals surface area contributed by atoms with Crippen molar-refractivity contribution in [2.75, 3.05) is 23.8 Å². The van der Waals surface area contributed by atoms with E-state index in [1.807, 2.05) is 19.1 Å². The quantitative estimate of drug-likeness (QED) is 0.242. The molecule has 4 rings (SSSR count). The first-order valence-electron chi connectivity index (χ1n) is 11.5. The first-order chi connectivity index (χ1) is 18.2. The average Bonchev–Trinajstić information content (AvgIpc) is 3.44. The second kappa shape index (κ2) is 12.0. The number of rotatable bonds is 11. The molecule has 4 aromatic rings. The van der Waals surface area contributed by atoms with Gasteiger partial charge in [0.2, 0.25) is 0 Å². The van der Waals surface area contributed by atoms with Crippen LogP contribution in [-0.4, -0.2) is 38.6 Å². The molecule has 0 aliphatic heterocycles. The van der Waals surface area contributed by atoms with Crippen LogP contribution < -0.4 is 19.1 Å². The number of hydrogen-bond acceptors (Lipinski definition) is 8. The van der Waals surface area contributed by atoms with Gasteiger partial charge in [0, 0.05) is 41.6 Å². The highest BCUT2D eigenvalue weighted by Gasteiger charge is 2.31. The Morgan fingerprint density at radius 3 is 2.63 bits per heavy atom.